The second-order valence-electron chi connectivity index (χ2n) is 3.80. The van der Waals surface area contributed by atoms with E-state index in [1.54, 1.807) is 0 Å². The third kappa shape index (κ3) is 8.63. The van der Waals surface area contributed by atoms with Crippen LogP contribution in [0.2, 0.25) is 0 Å². The average molecular weight is 274 g/mol. The molecule has 0 fully saturated rings. The van der Waals surface area contributed by atoms with Gasteiger partial charge in [0.2, 0.25) is 0 Å². The molecule has 0 amide bonds. The summed E-state index contributed by atoms with van der Waals surface area (Å²) in [5, 5.41) is 0.628. The molecule has 0 aliphatic carbocycles. The molecule has 0 saturated carbocycles. The molecule has 0 bridgehead atoms. The topological polar surface area (TPSA) is 0 Å². The van der Waals surface area contributed by atoms with Crippen molar-refractivity contribution in [2.45, 2.75) is 50.7 Å². The Morgan fingerprint density at radius 3 is 2.24 bits per heavy atom. The van der Waals surface area contributed by atoms with Crippen molar-refractivity contribution in [2.75, 3.05) is 6.16 Å². The van der Waals surface area contributed by atoms with E-state index < -0.39 is 8.89 Å². The summed E-state index contributed by atoms with van der Waals surface area (Å²) in [6, 6.07) is 8.65. The summed E-state index contributed by atoms with van der Waals surface area (Å²) in [5.74, 6) is 0. The first kappa shape index (κ1) is 16.9. The summed E-state index contributed by atoms with van der Waals surface area (Å²) < 4.78 is 11.9. The van der Waals surface area contributed by atoms with Crippen LogP contribution in [-0.2, 0) is 6.42 Å². The molecule has 0 nitrogen and oxygen atoms in total. The Balaban J connectivity index is 0.00000121. The van der Waals surface area contributed by atoms with Gasteiger partial charge in [0.1, 0.15) is 0 Å². The molecule has 0 saturated heterocycles. The van der Waals surface area contributed by atoms with Crippen molar-refractivity contribution < 1.29 is 4.20 Å². The molecule has 1 atom stereocenters. The van der Waals surface area contributed by atoms with Crippen LogP contribution in [-0.4, -0.2) is 11.4 Å². The molecular weight excluding hydrogens is 250 g/mol. The van der Waals surface area contributed by atoms with Gasteiger partial charge in [0.15, 0.2) is 0 Å². The van der Waals surface area contributed by atoms with Crippen molar-refractivity contribution in [2.24, 2.45) is 0 Å². The van der Waals surface area contributed by atoms with Crippen LogP contribution in [0.5, 0.6) is 0 Å². The van der Waals surface area contributed by atoms with Gasteiger partial charge in [-0.2, -0.15) is 0 Å². The van der Waals surface area contributed by atoms with Gasteiger partial charge in [0, 0.05) is 10.1 Å². The molecule has 0 aromatic heterocycles. The summed E-state index contributed by atoms with van der Waals surface area (Å²) in [4.78, 5) is 1.32. The normalized spacial score (nSPS) is 10.7. The maximum atomic E-state index is 11.9. The lowest BCUT2D eigenvalue weighted by atomic mass is 10.1. The monoisotopic (exact) mass is 274 g/mol. The summed E-state index contributed by atoms with van der Waals surface area (Å²) in [5.41, 5.74) is 1.32. The highest BCUT2D eigenvalue weighted by atomic mass is 32.2. The average Bonchev–Trinajstić information content (AvgIpc) is 2.34. The first-order valence-electron chi connectivity index (χ1n) is 6.31. The van der Waals surface area contributed by atoms with Crippen LogP contribution in [0.4, 0.5) is 4.20 Å². The minimum absolute atomic E-state index is 0.400. The van der Waals surface area contributed by atoms with Crippen LogP contribution in [0.25, 0.3) is 0 Å². The lowest BCUT2D eigenvalue weighted by Crippen LogP contribution is -1.88. The third-order valence-electron chi connectivity index (χ3n) is 2.03. The van der Waals surface area contributed by atoms with Crippen LogP contribution in [0, 0.1) is 0 Å². The number of hydrogen-bond donors (Lipinski definition) is 0. The van der Waals surface area contributed by atoms with Gasteiger partial charge in [0.05, 0.1) is 8.89 Å². The van der Waals surface area contributed by atoms with Crippen molar-refractivity contribution in [1.29, 1.82) is 0 Å². The zero-order chi connectivity index (χ0) is 13.1. The molecule has 1 aromatic rings. The van der Waals surface area contributed by atoms with Gasteiger partial charge in [-0.15, -0.1) is 11.8 Å². The van der Waals surface area contributed by atoms with Gasteiger partial charge in [-0.05, 0) is 36.7 Å². The minimum atomic E-state index is -0.400. The Labute approximate surface area is 112 Å². The van der Waals surface area contributed by atoms with E-state index >= 15 is 0 Å². The molecule has 0 aliphatic heterocycles. The van der Waals surface area contributed by atoms with E-state index in [9.17, 15) is 4.20 Å². The minimum Gasteiger partial charge on any atom is -0.231 e. The Morgan fingerprint density at radius 1 is 1.18 bits per heavy atom. The molecule has 0 radical (unpaired) electrons. The van der Waals surface area contributed by atoms with Crippen LogP contribution in [0.15, 0.2) is 29.2 Å². The first-order valence-corrected chi connectivity index (χ1v) is 8.28. The van der Waals surface area contributed by atoms with Gasteiger partial charge in [0.25, 0.3) is 0 Å². The van der Waals surface area contributed by atoms with E-state index in [4.69, 9.17) is 0 Å². The lowest BCUT2D eigenvalue weighted by molar-refractivity contribution is 0.869. The van der Waals surface area contributed by atoms with Gasteiger partial charge in [-0.1, -0.05) is 39.8 Å². The molecule has 0 N–H and O–H groups in total. The molecule has 98 valence electrons. The van der Waals surface area contributed by atoms with Crippen LogP contribution >= 0.6 is 20.7 Å². The zero-order valence-electron chi connectivity index (χ0n) is 11.3. The number of thioether (sulfide) groups is 1. The number of aryl methyl sites for hydroxylation is 1. The fourth-order valence-electron chi connectivity index (χ4n) is 1.37. The second-order valence-corrected chi connectivity index (χ2v) is 6.21. The van der Waals surface area contributed by atoms with Gasteiger partial charge < -0.3 is 0 Å². The smallest absolute Gasteiger partial charge is 0.0671 e. The van der Waals surface area contributed by atoms with Crippen LogP contribution in [0.1, 0.15) is 39.7 Å². The molecule has 0 heterocycles. The summed E-state index contributed by atoms with van der Waals surface area (Å²) in [7, 11) is -0.400. The quantitative estimate of drug-likeness (QED) is 0.364. The molecule has 0 aliphatic rings. The van der Waals surface area contributed by atoms with Crippen molar-refractivity contribution in [1.82, 2.24) is 0 Å². The van der Waals surface area contributed by atoms with Crippen LogP contribution < -0.4 is 0 Å². The number of benzene rings is 1. The standard InChI is InChI=1S/C12H18FPS.C2H6/c1-10(2)15-12-7-5-11(6-8-12)4-3-9-14-13;1-2/h5-8,10,14H,3-4,9H2,1-2H3;1-2H3. The second kappa shape index (κ2) is 11.0. The fourth-order valence-corrected chi connectivity index (χ4v) is 2.51. The van der Waals surface area contributed by atoms with Gasteiger partial charge >= 0.3 is 0 Å². The highest BCUT2D eigenvalue weighted by Gasteiger charge is 1.98. The Kier molecular flexibility index (Phi) is 11.0. The van der Waals surface area contributed by atoms with E-state index in [2.05, 4.69) is 38.1 Å². The van der Waals surface area contributed by atoms with Crippen molar-refractivity contribution >= 4 is 20.7 Å². The van der Waals surface area contributed by atoms with E-state index in [-0.39, 0.29) is 0 Å². The molecule has 17 heavy (non-hydrogen) atoms. The third-order valence-corrected chi connectivity index (χ3v) is 3.59. The summed E-state index contributed by atoms with van der Waals surface area (Å²) >= 11 is 1.88. The highest BCUT2D eigenvalue weighted by molar-refractivity contribution is 7.99. The summed E-state index contributed by atoms with van der Waals surface area (Å²) in [6.07, 6.45) is 2.68. The SMILES string of the molecule is CC.CC(C)Sc1ccc(CCCPF)cc1. The van der Waals surface area contributed by atoms with Gasteiger partial charge in [-0.25, -0.2) is 4.20 Å². The largest absolute Gasteiger partial charge is 0.231 e. The zero-order valence-corrected chi connectivity index (χ0v) is 13.1. The van der Waals surface area contributed by atoms with E-state index in [0.717, 1.165) is 12.8 Å². The van der Waals surface area contributed by atoms with Crippen molar-refractivity contribution in [3.05, 3.63) is 29.8 Å². The van der Waals surface area contributed by atoms with Crippen molar-refractivity contribution in [3.63, 3.8) is 0 Å². The summed E-state index contributed by atoms with van der Waals surface area (Å²) in [6.45, 7) is 8.39. The van der Waals surface area contributed by atoms with E-state index in [0.29, 0.717) is 11.4 Å². The fraction of sp³-hybridized carbons (Fsp3) is 0.571. The molecule has 1 unspecified atom stereocenters. The van der Waals surface area contributed by atoms with Crippen molar-refractivity contribution in [3.8, 4) is 0 Å². The number of rotatable bonds is 6. The Morgan fingerprint density at radius 2 is 1.76 bits per heavy atom. The maximum Gasteiger partial charge on any atom is 0.0671 e. The van der Waals surface area contributed by atoms with E-state index in [1.807, 2.05) is 25.6 Å². The number of hydrogen-bond acceptors (Lipinski definition) is 1. The van der Waals surface area contributed by atoms with Gasteiger partial charge in [-0.3, -0.25) is 0 Å². The molecule has 0 spiro atoms. The van der Waals surface area contributed by atoms with E-state index in [1.165, 1.54) is 10.5 Å². The maximum absolute atomic E-state index is 11.9. The number of halogens is 1. The predicted molar refractivity (Wildman–Crippen MR) is 81.4 cm³/mol. The van der Waals surface area contributed by atoms with Crippen LogP contribution in [0.3, 0.4) is 0 Å². The Hall–Kier alpha value is -0.0700. The molecule has 1 aromatic carbocycles. The molecular formula is C14H24FPS. The molecule has 1 rings (SSSR count). The Bertz CT molecular complexity index is 272. The highest BCUT2D eigenvalue weighted by Crippen LogP contribution is 2.23. The predicted octanol–water partition coefficient (Wildman–Crippen LogP) is 5.71. The lowest BCUT2D eigenvalue weighted by Gasteiger charge is -2.05. The molecule has 3 heteroatoms. The first-order chi connectivity index (χ1) is 8.22.